The summed E-state index contributed by atoms with van der Waals surface area (Å²) >= 11 is 0. The van der Waals surface area contributed by atoms with Crippen molar-refractivity contribution in [3.05, 3.63) is 47.7 Å². The molecule has 1 aliphatic heterocycles. The monoisotopic (exact) mass is 312 g/mol. The van der Waals surface area contributed by atoms with Gasteiger partial charge in [-0.05, 0) is 25.1 Å². The average Bonchev–Trinajstić information content (AvgIpc) is 3.02. The van der Waals surface area contributed by atoms with E-state index in [9.17, 15) is 5.26 Å². The first-order valence-electron chi connectivity index (χ1n) is 7.74. The number of furan rings is 1. The maximum Gasteiger partial charge on any atom is 0.123 e. The lowest BCUT2D eigenvalue weighted by Gasteiger charge is -2.33. The molecule has 0 unspecified atom stereocenters. The highest BCUT2D eigenvalue weighted by Gasteiger charge is 2.25. The minimum Gasteiger partial charge on any atom is -0.465 e. The third-order valence-electron chi connectivity index (χ3n) is 4.00. The van der Waals surface area contributed by atoms with Gasteiger partial charge in [-0.1, -0.05) is 0 Å². The highest BCUT2D eigenvalue weighted by molar-refractivity contribution is 5.55. The Balaban J connectivity index is 1.77. The molecule has 3 rings (SSSR count). The van der Waals surface area contributed by atoms with Gasteiger partial charge in [-0.2, -0.15) is 5.26 Å². The van der Waals surface area contributed by atoms with E-state index in [0.717, 1.165) is 43.5 Å². The highest BCUT2D eigenvalue weighted by Crippen LogP contribution is 2.25. The molecule has 0 aromatic carbocycles. The van der Waals surface area contributed by atoms with E-state index in [1.165, 1.54) is 0 Å². The van der Waals surface area contributed by atoms with Gasteiger partial charge in [-0.15, -0.1) is 0 Å². The van der Waals surface area contributed by atoms with Crippen LogP contribution in [0, 0.1) is 18.3 Å². The largest absolute Gasteiger partial charge is 0.465 e. The molecule has 1 saturated heterocycles. The average molecular weight is 312 g/mol. The number of rotatable bonds is 5. The Bertz CT molecular complexity index is 686. The molecule has 0 spiro atoms. The SMILES string of the molecule is Cc1ccc([C@H](CNc2ccncc2C#N)N2CCOCC2)o1. The van der Waals surface area contributed by atoms with Gasteiger partial charge in [-0.25, -0.2) is 0 Å². The fourth-order valence-electron chi connectivity index (χ4n) is 2.78. The lowest BCUT2D eigenvalue weighted by Crippen LogP contribution is -2.41. The number of anilines is 1. The topological polar surface area (TPSA) is 74.3 Å². The van der Waals surface area contributed by atoms with Gasteiger partial charge in [0.2, 0.25) is 0 Å². The van der Waals surface area contributed by atoms with E-state index in [2.05, 4.69) is 21.3 Å². The Morgan fingerprint density at radius 1 is 1.35 bits per heavy atom. The van der Waals surface area contributed by atoms with Crippen molar-refractivity contribution in [3.8, 4) is 6.07 Å². The van der Waals surface area contributed by atoms with Crippen molar-refractivity contribution in [2.24, 2.45) is 0 Å². The molecule has 1 N–H and O–H groups in total. The minimum absolute atomic E-state index is 0.104. The normalized spacial score (nSPS) is 16.7. The lowest BCUT2D eigenvalue weighted by molar-refractivity contribution is 0.0143. The van der Waals surface area contributed by atoms with Crippen molar-refractivity contribution >= 4 is 5.69 Å². The molecule has 2 aromatic heterocycles. The third kappa shape index (κ3) is 3.70. The molecule has 1 fully saturated rings. The zero-order chi connectivity index (χ0) is 16.1. The summed E-state index contributed by atoms with van der Waals surface area (Å²) in [7, 11) is 0. The molecule has 6 heteroatoms. The number of morpholine rings is 1. The summed E-state index contributed by atoms with van der Waals surface area (Å²) < 4.78 is 11.3. The summed E-state index contributed by atoms with van der Waals surface area (Å²) in [6, 6.07) is 8.09. The number of aryl methyl sites for hydroxylation is 1. The molecule has 120 valence electrons. The standard InChI is InChI=1S/C17H20N4O2/c1-13-2-3-17(23-13)16(21-6-8-22-9-7-21)12-20-15-4-5-19-11-14(15)10-18/h2-5,11,16H,6-9,12H2,1H3,(H,19,20)/t16-/m0/s1. The molecule has 6 nitrogen and oxygen atoms in total. The van der Waals surface area contributed by atoms with Crippen LogP contribution in [0.4, 0.5) is 5.69 Å². The number of pyridine rings is 1. The first kappa shape index (κ1) is 15.5. The number of nitrogens with one attached hydrogen (secondary N) is 1. The van der Waals surface area contributed by atoms with E-state index >= 15 is 0 Å². The van der Waals surface area contributed by atoms with E-state index in [4.69, 9.17) is 9.15 Å². The predicted molar refractivity (Wildman–Crippen MR) is 86.0 cm³/mol. The van der Waals surface area contributed by atoms with Gasteiger partial charge in [0.1, 0.15) is 17.6 Å². The summed E-state index contributed by atoms with van der Waals surface area (Å²) in [4.78, 5) is 6.34. The Kier molecular flexibility index (Phi) is 4.91. The van der Waals surface area contributed by atoms with Gasteiger partial charge in [-0.3, -0.25) is 9.88 Å². The maximum absolute atomic E-state index is 9.18. The van der Waals surface area contributed by atoms with Crippen LogP contribution in [0.1, 0.15) is 23.1 Å². The maximum atomic E-state index is 9.18. The van der Waals surface area contributed by atoms with Crippen molar-refractivity contribution in [3.63, 3.8) is 0 Å². The number of hydrogen-bond acceptors (Lipinski definition) is 6. The van der Waals surface area contributed by atoms with Crippen LogP contribution >= 0.6 is 0 Å². The zero-order valence-electron chi connectivity index (χ0n) is 13.2. The molecule has 1 atom stereocenters. The lowest BCUT2D eigenvalue weighted by atomic mass is 10.1. The van der Waals surface area contributed by atoms with Crippen LogP contribution in [0.25, 0.3) is 0 Å². The Morgan fingerprint density at radius 3 is 2.87 bits per heavy atom. The molecule has 0 bridgehead atoms. The minimum atomic E-state index is 0.104. The summed E-state index contributed by atoms with van der Waals surface area (Å²) in [6.45, 7) is 5.81. The molecule has 3 heterocycles. The predicted octanol–water partition coefficient (Wildman–Crippen LogP) is 2.34. The van der Waals surface area contributed by atoms with Crippen LogP contribution in [0.2, 0.25) is 0 Å². The first-order chi connectivity index (χ1) is 11.3. The van der Waals surface area contributed by atoms with Crippen molar-refractivity contribution in [1.82, 2.24) is 9.88 Å². The molecule has 1 aliphatic rings. The van der Waals surface area contributed by atoms with Crippen LogP contribution in [-0.4, -0.2) is 42.7 Å². The van der Waals surface area contributed by atoms with E-state index in [0.29, 0.717) is 12.1 Å². The van der Waals surface area contributed by atoms with Gasteiger partial charge in [0.05, 0.1) is 30.5 Å². The van der Waals surface area contributed by atoms with Crippen molar-refractivity contribution in [2.45, 2.75) is 13.0 Å². The van der Waals surface area contributed by atoms with Crippen LogP contribution in [-0.2, 0) is 4.74 Å². The van der Waals surface area contributed by atoms with E-state index in [-0.39, 0.29) is 6.04 Å². The van der Waals surface area contributed by atoms with Crippen molar-refractivity contribution in [1.29, 1.82) is 5.26 Å². The van der Waals surface area contributed by atoms with E-state index in [1.807, 2.05) is 25.1 Å². The quantitative estimate of drug-likeness (QED) is 0.913. The summed E-state index contributed by atoms with van der Waals surface area (Å²) in [6.07, 6.45) is 3.26. The second-order valence-corrected chi connectivity index (χ2v) is 5.53. The number of aromatic nitrogens is 1. The van der Waals surface area contributed by atoms with Crippen LogP contribution in [0.3, 0.4) is 0 Å². The van der Waals surface area contributed by atoms with Crippen molar-refractivity contribution < 1.29 is 9.15 Å². The highest BCUT2D eigenvalue weighted by atomic mass is 16.5. The van der Waals surface area contributed by atoms with Crippen LogP contribution in [0.5, 0.6) is 0 Å². The van der Waals surface area contributed by atoms with E-state index in [1.54, 1.807) is 12.4 Å². The molecule has 0 amide bonds. The number of nitriles is 1. The molecule has 0 radical (unpaired) electrons. The first-order valence-corrected chi connectivity index (χ1v) is 7.74. The van der Waals surface area contributed by atoms with E-state index < -0.39 is 0 Å². The summed E-state index contributed by atoms with van der Waals surface area (Å²) in [5, 5.41) is 12.5. The molecular weight excluding hydrogens is 292 g/mol. The van der Waals surface area contributed by atoms with Gasteiger partial charge in [0, 0.05) is 32.0 Å². The zero-order valence-corrected chi connectivity index (χ0v) is 13.2. The number of hydrogen-bond donors (Lipinski definition) is 1. The fourth-order valence-corrected chi connectivity index (χ4v) is 2.78. The molecule has 23 heavy (non-hydrogen) atoms. The second-order valence-electron chi connectivity index (χ2n) is 5.53. The molecule has 2 aromatic rings. The molecular formula is C17H20N4O2. The summed E-state index contributed by atoms with van der Waals surface area (Å²) in [5.41, 5.74) is 1.34. The summed E-state index contributed by atoms with van der Waals surface area (Å²) in [5.74, 6) is 1.84. The Labute approximate surface area is 135 Å². The third-order valence-corrected chi connectivity index (χ3v) is 4.00. The fraction of sp³-hybridized carbons (Fsp3) is 0.412. The number of ether oxygens (including phenoxy) is 1. The van der Waals surface area contributed by atoms with Crippen LogP contribution < -0.4 is 5.32 Å². The molecule has 0 aliphatic carbocycles. The van der Waals surface area contributed by atoms with Gasteiger partial charge < -0.3 is 14.5 Å². The Hall–Kier alpha value is -2.36. The van der Waals surface area contributed by atoms with Gasteiger partial charge in [0.25, 0.3) is 0 Å². The van der Waals surface area contributed by atoms with Gasteiger partial charge in [0.15, 0.2) is 0 Å². The molecule has 0 saturated carbocycles. The van der Waals surface area contributed by atoms with Crippen LogP contribution in [0.15, 0.2) is 35.0 Å². The van der Waals surface area contributed by atoms with Gasteiger partial charge >= 0.3 is 0 Å². The smallest absolute Gasteiger partial charge is 0.123 e. The second kappa shape index (κ2) is 7.27. The van der Waals surface area contributed by atoms with Crippen molar-refractivity contribution in [2.75, 3.05) is 38.2 Å². The Morgan fingerprint density at radius 2 is 2.17 bits per heavy atom. The number of nitrogens with zero attached hydrogens (tertiary/aromatic N) is 3.